The van der Waals surface area contributed by atoms with Gasteiger partial charge in [0.25, 0.3) is 0 Å². The molecule has 0 aliphatic rings. The molecule has 0 fully saturated rings. The van der Waals surface area contributed by atoms with Crippen molar-refractivity contribution in [3.8, 4) is 0 Å². The first-order valence-electron chi connectivity index (χ1n) is 6.01. The number of hydrogen-bond acceptors (Lipinski definition) is 4. The third-order valence-corrected chi connectivity index (χ3v) is 3.93. The maximum atomic E-state index is 6.11. The van der Waals surface area contributed by atoms with Crippen LogP contribution in [0.5, 0.6) is 0 Å². The number of benzene rings is 1. The van der Waals surface area contributed by atoms with E-state index < -0.39 is 0 Å². The van der Waals surface area contributed by atoms with Crippen LogP contribution in [0, 0.1) is 0 Å². The number of hydrazine groups is 1. The van der Waals surface area contributed by atoms with Gasteiger partial charge in [-0.25, -0.2) is 10.8 Å². The van der Waals surface area contributed by atoms with E-state index in [4.69, 9.17) is 52.2 Å². The molecular formula is C13H12Cl4N4. The zero-order chi connectivity index (χ0) is 15.4. The molecule has 8 heteroatoms. The van der Waals surface area contributed by atoms with E-state index in [1.807, 2.05) is 6.07 Å². The molecular weight excluding hydrogens is 354 g/mol. The summed E-state index contributed by atoms with van der Waals surface area (Å²) in [5, 5.41) is 5.13. The number of rotatable bonds is 5. The average molecular weight is 366 g/mol. The van der Waals surface area contributed by atoms with Crippen LogP contribution in [0.15, 0.2) is 24.3 Å². The summed E-state index contributed by atoms with van der Waals surface area (Å²) >= 11 is 24.0. The monoisotopic (exact) mass is 364 g/mol. The van der Waals surface area contributed by atoms with Gasteiger partial charge in [-0.1, -0.05) is 52.5 Å². The zero-order valence-corrected chi connectivity index (χ0v) is 13.8. The minimum absolute atomic E-state index is 0.355. The fourth-order valence-electron chi connectivity index (χ4n) is 1.73. The van der Waals surface area contributed by atoms with Gasteiger partial charge in [0.1, 0.15) is 5.82 Å². The lowest BCUT2D eigenvalue weighted by atomic mass is 10.1. The Morgan fingerprint density at radius 2 is 1.67 bits per heavy atom. The molecule has 0 unspecified atom stereocenters. The largest absolute Gasteiger partial charge is 0.368 e. The standard InChI is InChI=1S/C13H12Cl4N4/c14-8-2-1-7(9(15)5-8)3-4-19-12-10(16)6-11(17)13(20-12)21-18/h1-2,5-6H,3-4,18H2,(H2,19,20,21). The van der Waals surface area contributed by atoms with Crippen molar-refractivity contribution in [1.29, 1.82) is 0 Å². The van der Waals surface area contributed by atoms with E-state index in [2.05, 4.69) is 15.7 Å². The molecule has 0 saturated heterocycles. The Morgan fingerprint density at radius 3 is 2.33 bits per heavy atom. The van der Waals surface area contributed by atoms with Gasteiger partial charge in [-0.2, -0.15) is 0 Å². The van der Waals surface area contributed by atoms with Crippen LogP contribution in [0.4, 0.5) is 11.6 Å². The highest BCUT2D eigenvalue weighted by atomic mass is 35.5. The van der Waals surface area contributed by atoms with Crippen molar-refractivity contribution in [2.45, 2.75) is 6.42 Å². The van der Waals surface area contributed by atoms with Gasteiger partial charge >= 0.3 is 0 Å². The van der Waals surface area contributed by atoms with Crippen molar-refractivity contribution < 1.29 is 0 Å². The lowest BCUT2D eigenvalue weighted by molar-refractivity contribution is 1.01. The van der Waals surface area contributed by atoms with Crippen molar-refractivity contribution in [2.24, 2.45) is 5.84 Å². The van der Waals surface area contributed by atoms with Gasteiger partial charge in [0.05, 0.1) is 10.0 Å². The third kappa shape index (κ3) is 4.28. The Hall–Kier alpha value is -0.910. The Morgan fingerprint density at radius 1 is 0.952 bits per heavy atom. The Kier molecular flexibility index (Phi) is 5.79. The van der Waals surface area contributed by atoms with Crippen molar-refractivity contribution in [2.75, 3.05) is 17.3 Å². The van der Waals surface area contributed by atoms with Crippen LogP contribution >= 0.6 is 46.4 Å². The number of pyridine rings is 1. The fourth-order valence-corrected chi connectivity index (χ4v) is 2.71. The summed E-state index contributed by atoms with van der Waals surface area (Å²) in [6.45, 7) is 0.597. The molecule has 0 spiro atoms. The first kappa shape index (κ1) is 16.5. The number of anilines is 2. The third-order valence-electron chi connectivity index (χ3n) is 2.77. The number of hydrogen-bond donors (Lipinski definition) is 3. The fraction of sp³-hybridized carbons (Fsp3) is 0.154. The maximum Gasteiger partial charge on any atom is 0.161 e. The number of aromatic nitrogens is 1. The molecule has 0 bridgehead atoms. The number of nitrogens with zero attached hydrogens (tertiary/aromatic N) is 1. The Bertz CT molecular complexity index is 648. The average Bonchev–Trinajstić information content (AvgIpc) is 2.43. The molecule has 4 nitrogen and oxygen atoms in total. The number of nitrogen functional groups attached to an aromatic ring is 1. The SMILES string of the molecule is NNc1nc(NCCc2ccc(Cl)cc2Cl)c(Cl)cc1Cl. The molecule has 1 aromatic heterocycles. The molecule has 1 aromatic carbocycles. The van der Waals surface area contributed by atoms with E-state index in [1.165, 1.54) is 0 Å². The van der Waals surface area contributed by atoms with Crippen LogP contribution in [0.1, 0.15) is 5.56 Å². The zero-order valence-electron chi connectivity index (χ0n) is 10.8. The summed E-state index contributed by atoms with van der Waals surface area (Å²) in [5.74, 6) is 6.18. The van der Waals surface area contributed by atoms with Gasteiger partial charge in [-0.3, -0.25) is 0 Å². The van der Waals surface area contributed by atoms with E-state index in [-0.39, 0.29) is 0 Å². The predicted octanol–water partition coefficient (Wildman–Crippen LogP) is 4.64. The lowest BCUT2D eigenvalue weighted by Crippen LogP contribution is -2.12. The molecule has 0 aliphatic heterocycles. The molecule has 0 saturated carbocycles. The summed E-state index contributed by atoms with van der Waals surface area (Å²) in [7, 11) is 0. The second-order valence-corrected chi connectivity index (χ2v) is 5.86. The van der Waals surface area contributed by atoms with Crippen LogP contribution < -0.4 is 16.6 Å². The molecule has 21 heavy (non-hydrogen) atoms. The van der Waals surface area contributed by atoms with Gasteiger partial charge in [-0.05, 0) is 30.2 Å². The van der Waals surface area contributed by atoms with Crippen LogP contribution in [0.3, 0.4) is 0 Å². The van der Waals surface area contributed by atoms with E-state index in [1.54, 1.807) is 18.2 Å². The first-order chi connectivity index (χ1) is 10.0. The Balaban J connectivity index is 2.03. The van der Waals surface area contributed by atoms with Gasteiger partial charge in [0.2, 0.25) is 0 Å². The second kappa shape index (κ2) is 7.38. The van der Waals surface area contributed by atoms with Crippen molar-refractivity contribution >= 4 is 58.0 Å². The van der Waals surface area contributed by atoms with Crippen molar-refractivity contribution in [1.82, 2.24) is 4.98 Å². The van der Waals surface area contributed by atoms with E-state index in [0.717, 1.165) is 5.56 Å². The van der Waals surface area contributed by atoms with E-state index >= 15 is 0 Å². The highest BCUT2D eigenvalue weighted by Gasteiger charge is 2.08. The quantitative estimate of drug-likeness (QED) is 0.533. The maximum absolute atomic E-state index is 6.11. The van der Waals surface area contributed by atoms with Gasteiger partial charge in [0.15, 0.2) is 5.82 Å². The summed E-state index contributed by atoms with van der Waals surface area (Å²) < 4.78 is 0. The molecule has 0 radical (unpaired) electrons. The normalized spacial score (nSPS) is 10.5. The highest BCUT2D eigenvalue weighted by Crippen LogP contribution is 2.28. The molecule has 1 heterocycles. The number of nitrogens with one attached hydrogen (secondary N) is 2. The van der Waals surface area contributed by atoms with E-state index in [9.17, 15) is 0 Å². The van der Waals surface area contributed by atoms with Crippen molar-refractivity contribution in [3.63, 3.8) is 0 Å². The smallest absolute Gasteiger partial charge is 0.161 e. The van der Waals surface area contributed by atoms with Gasteiger partial charge < -0.3 is 10.7 Å². The Labute approximate surface area is 142 Å². The topological polar surface area (TPSA) is 63.0 Å². The highest BCUT2D eigenvalue weighted by molar-refractivity contribution is 6.37. The molecule has 2 aromatic rings. The molecule has 0 amide bonds. The summed E-state index contributed by atoms with van der Waals surface area (Å²) in [5.41, 5.74) is 3.39. The summed E-state index contributed by atoms with van der Waals surface area (Å²) in [6.07, 6.45) is 0.696. The van der Waals surface area contributed by atoms with Crippen LogP contribution in [-0.4, -0.2) is 11.5 Å². The van der Waals surface area contributed by atoms with Gasteiger partial charge in [0, 0.05) is 16.6 Å². The molecule has 0 atom stereocenters. The number of halogens is 4. The first-order valence-corrected chi connectivity index (χ1v) is 7.53. The van der Waals surface area contributed by atoms with Crippen molar-refractivity contribution in [3.05, 3.63) is 49.9 Å². The predicted molar refractivity (Wildman–Crippen MR) is 90.7 cm³/mol. The summed E-state index contributed by atoms with van der Waals surface area (Å²) in [4.78, 5) is 4.19. The van der Waals surface area contributed by atoms with Crippen LogP contribution in [0.2, 0.25) is 20.1 Å². The number of nitrogens with two attached hydrogens (primary N) is 1. The lowest BCUT2D eigenvalue weighted by Gasteiger charge is -2.11. The van der Waals surface area contributed by atoms with Crippen LogP contribution in [-0.2, 0) is 6.42 Å². The minimum Gasteiger partial charge on any atom is -0.368 e. The molecule has 112 valence electrons. The molecule has 2 rings (SSSR count). The molecule has 4 N–H and O–H groups in total. The minimum atomic E-state index is 0.355. The van der Waals surface area contributed by atoms with Crippen LogP contribution in [0.25, 0.3) is 0 Å². The molecule has 0 aliphatic carbocycles. The second-order valence-electron chi connectivity index (χ2n) is 4.21. The van der Waals surface area contributed by atoms with E-state index in [0.29, 0.717) is 44.7 Å². The van der Waals surface area contributed by atoms with Gasteiger partial charge in [-0.15, -0.1) is 0 Å². The summed E-state index contributed by atoms with van der Waals surface area (Å²) in [6, 6.07) is 6.97.